The smallest absolute Gasteiger partial charge is 0.363 e. The summed E-state index contributed by atoms with van der Waals surface area (Å²) in [6.07, 6.45) is 2.05. The summed E-state index contributed by atoms with van der Waals surface area (Å²) in [5, 5.41) is 6.75. The number of hydrazine groups is 2. The number of pyridine rings is 1. The maximum Gasteiger partial charge on any atom is 0.417 e. The van der Waals surface area contributed by atoms with E-state index < -0.39 is 17.6 Å². The second-order valence-corrected chi connectivity index (χ2v) is 7.00. The molecule has 152 valence electrons. The average Bonchev–Trinajstić information content (AvgIpc) is 3.31. The van der Waals surface area contributed by atoms with Gasteiger partial charge in [-0.15, -0.1) is 0 Å². The van der Waals surface area contributed by atoms with E-state index in [9.17, 15) is 17.6 Å². The van der Waals surface area contributed by atoms with Gasteiger partial charge in [0.15, 0.2) is 11.6 Å². The topological polar surface area (TPSA) is 43.4 Å². The van der Waals surface area contributed by atoms with E-state index in [2.05, 4.69) is 15.7 Å². The van der Waals surface area contributed by atoms with Crippen LogP contribution in [0, 0.1) is 12.7 Å². The van der Waals surface area contributed by atoms with Crippen LogP contribution in [0.15, 0.2) is 48.9 Å². The van der Waals surface area contributed by atoms with Crippen LogP contribution in [-0.2, 0) is 6.18 Å². The number of aromatic nitrogens is 1. The summed E-state index contributed by atoms with van der Waals surface area (Å²) in [7, 11) is 0. The molecule has 0 saturated heterocycles. The van der Waals surface area contributed by atoms with E-state index in [1.807, 2.05) is 29.4 Å². The van der Waals surface area contributed by atoms with Crippen LogP contribution in [0.3, 0.4) is 0 Å². The molecule has 0 amide bonds. The minimum atomic E-state index is -4.63. The zero-order valence-corrected chi connectivity index (χ0v) is 15.3. The summed E-state index contributed by atoms with van der Waals surface area (Å²) in [5.41, 5.74) is 3.36. The molecule has 2 aliphatic rings. The highest BCUT2D eigenvalue weighted by Crippen LogP contribution is 2.34. The fourth-order valence-electron chi connectivity index (χ4n) is 3.75. The maximum atomic E-state index is 14.2. The molecule has 1 saturated carbocycles. The summed E-state index contributed by atoms with van der Waals surface area (Å²) < 4.78 is 52.5. The van der Waals surface area contributed by atoms with Crippen molar-refractivity contribution in [3.8, 4) is 0 Å². The molecule has 0 bridgehead atoms. The molecular weight excluding hydrogens is 386 g/mol. The molecule has 2 radical (unpaired) electrons. The number of benzene rings is 1. The van der Waals surface area contributed by atoms with Gasteiger partial charge in [0.2, 0.25) is 0 Å². The Bertz CT molecular complexity index is 914. The average molecular weight is 405 g/mol. The number of rotatable bonds is 4. The van der Waals surface area contributed by atoms with E-state index in [1.165, 1.54) is 0 Å². The lowest BCUT2D eigenvalue weighted by atomic mass is 10.1. The SMILES string of the molecule is [CH]c1ccccc1N1NC=CN1C1CCC[C@@H]1Nc1ncc(C(F)(F)F)cc1F. The van der Waals surface area contributed by atoms with Crippen molar-refractivity contribution < 1.29 is 17.6 Å². The van der Waals surface area contributed by atoms with Gasteiger partial charge >= 0.3 is 6.18 Å². The van der Waals surface area contributed by atoms with Gasteiger partial charge in [-0.25, -0.2) is 9.37 Å². The molecule has 1 aliphatic heterocycles. The lowest BCUT2D eigenvalue weighted by Crippen LogP contribution is -2.51. The van der Waals surface area contributed by atoms with Crippen LogP contribution in [0.25, 0.3) is 0 Å². The first-order valence-electron chi connectivity index (χ1n) is 9.19. The summed E-state index contributed by atoms with van der Waals surface area (Å²) in [6.45, 7) is 6.09. The first kappa shape index (κ1) is 19.4. The van der Waals surface area contributed by atoms with Crippen LogP contribution in [0.2, 0.25) is 0 Å². The van der Waals surface area contributed by atoms with E-state index in [-0.39, 0.29) is 17.9 Å². The number of nitrogens with zero attached hydrogens (tertiary/aromatic N) is 3. The molecule has 1 fully saturated rings. The Kier molecular flexibility index (Phi) is 4.97. The highest BCUT2D eigenvalue weighted by Gasteiger charge is 2.37. The first-order chi connectivity index (χ1) is 13.8. The number of nitrogens with one attached hydrogen (secondary N) is 2. The van der Waals surface area contributed by atoms with Crippen molar-refractivity contribution in [2.24, 2.45) is 0 Å². The van der Waals surface area contributed by atoms with Crippen LogP contribution in [0.4, 0.5) is 29.1 Å². The van der Waals surface area contributed by atoms with Gasteiger partial charge in [-0.1, -0.05) is 18.2 Å². The molecule has 1 aromatic carbocycles. The number of halogens is 4. The maximum absolute atomic E-state index is 14.2. The Labute approximate surface area is 166 Å². The zero-order valence-electron chi connectivity index (χ0n) is 15.3. The van der Waals surface area contributed by atoms with Crippen LogP contribution in [0.1, 0.15) is 30.4 Å². The van der Waals surface area contributed by atoms with Crippen LogP contribution < -0.4 is 15.9 Å². The standard InChI is InChI=1S/C20H19F4N5/c1-13-5-2-3-7-17(13)29-26-9-10-28(29)18-8-4-6-16(18)27-19-15(21)11-14(12-25-19)20(22,23)24/h1-3,5,7,9-12,16,18,26H,4,6,8H2,(H,25,27)/t16-,18?/m0/s1. The summed E-state index contributed by atoms with van der Waals surface area (Å²) in [6, 6.07) is 7.57. The number of para-hydroxylation sites is 1. The van der Waals surface area contributed by atoms with Crippen LogP contribution in [-0.4, -0.2) is 22.1 Å². The second kappa shape index (κ2) is 7.46. The lowest BCUT2D eigenvalue weighted by molar-refractivity contribution is -0.138. The van der Waals surface area contributed by atoms with Crippen molar-refractivity contribution in [3.05, 3.63) is 72.8 Å². The Morgan fingerprint density at radius 3 is 2.72 bits per heavy atom. The molecule has 1 aliphatic carbocycles. The summed E-state index contributed by atoms with van der Waals surface area (Å²) >= 11 is 0. The molecule has 2 atom stereocenters. The van der Waals surface area contributed by atoms with Crippen molar-refractivity contribution in [3.63, 3.8) is 0 Å². The normalized spacial score (nSPS) is 21.6. The van der Waals surface area contributed by atoms with Crippen molar-refractivity contribution in [1.29, 1.82) is 0 Å². The minimum Gasteiger partial charge on any atom is -0.363 e. The first-order valence-corrected chi connectivity index (χ1v) is 9.19. The fraction of sp³-hybridized carbons (Fsp3) is 0.300. The molecule has 0 spiro atoms. The third-order valence-corrected chi connectivity index (χ3v) is 5.13. The van der Waals surface area contributed by atoms with Gasteiger partial charge in [0.1, 0.15) is 0 Å². The predicted octanol–water partition coefficient (Wildman–Crippen LogP) is 4.34. The highest BCUT2D eigenvalue weighted by atomic mass is 19.4. The molecular formula is C20H19F4N5. The van der Waals surface area contributed by atoms with Gasteiger partial charge in [0.05, 0.1) is 23.3 Å². The van der Waals surface area contributed by atoms with E-state index in [0.717, 1.165) is 24.9 Å². The van der Waals surface area contributed by atoms with Gasteiger partial charge in [-0.3, -0.25) is 10.4 Å². The monoisotopic (exact) mass is 405 g/mol. The molecule has 4 rings (SSSR count). The lowest BCUT2D eigenvalue weighted by Gasteiger charge is -2.38. The van der Waals surface area contributed by atoms with E-state index in [0.29, 0.717) is 17.8 Å². The molecule has 9 heteroatoms. The van der Waals surface area contributed by atoms with E-state index >= 15 is 0 Å². The molecule has 2 N–H and O–H groups in total. The molecule has 29 heavy (non-hydrogen) atoms. The predicted molar refractivity (Wildman–Crippen MR) is 101 cm³/mol. The van der Waals surface area contributed by atoms with E-state index in [1.54, 1.807) is 17.4 Å². The van der Waals surface area contributed by atoms with Crippen molar-refractivity contribution in [2.75, 3.05) is 10.4 Å². The van der Waals surface area contributed by atoms with Crippen LogP contribution >= 0.6 is 0 Å². The summed E-state index contributed by atoms with van der Waals surface area (Å²) in [4.78, 5) is 3.67. The van der Waals surface area contributed by atoms with Gasteiger partial charge in [0, 0.05) is 25.5 Å². The Hall–Kier alpha value is -2.97. The molecule has 5 nitrogen and oxygen atoms in total. The zero-order chi connectivity index (χ0) is 20.6. The number of hydrogen-bond acceptors (Lipinski definition) is 5. The van der Waals surface area contributed by atoms with Crippen LogP contribution in [0.5, 0.6) is 0 Å². The third kappa shape index (κ3) is 3.81. The van der Waals surface area contributed by atoms with E-state index in [4.69, 9.17) is 6.92 Å². The third-order valence-electron chi connectivity index (χ3n) is 5.13. The van der Waals surface area contributed by atoms with Crippen molar-refractivity contribution >= 4 is 11.5 Å². The Morgan fingerprint density at radius 1 is 1.21 bits per heavy atom. The fourth-order valence-corrected chi connectivity index (χ4v) is 3.75. The second-order valence-electron chi connectivity index (χ2n) is 7.00. The largest absolute Gasteiger partial charge is 0.417 e. The van der Waals surface area contributed by atoms with Gasteiger partial charge in [-0.05, 0) is 37.0 Å². The molecule has 1 unspecified atom stereocenters. The molecule has 2 heterocycles. The molecule has 2 aromatic rings. The van der Waals surface area contributed by atoms with Crippen molar-refractivity contribution in [2.45, 2.75) is 37.5 Å². The highest BCUT2D eigenvalue weighted by molar-refractivity contribution is 5.54. The van der Waals surface area contributed by atoms with Gasteiger partial charge in [-0.2, -0.15) is 18.3 Å². The Balaban J connectivity index is 1.54. The number of anilines is 2. The molecule has 1 aromatic heterocycles. The van der Waals surface area contributed by atoms with Gasteiger partial charge < -0.3 is 5.32 Å². The quantitative estimate of drug-likeness (QED) is 0.741. The number of hydrogen-bond donors (Lipinski definition) is 2. The van der Waals surface area contributed by atoms with Gasteiger partial charge in [0.25, 0.3) is 0 Å². The Morgan fingerprint density at radius 2 is 2.00 bits per heavy atom. The minimum absolute atomic E-state index is 0.0654. The number of alkyl halides is 3. The van der Waals surface area contributed by atoms with Crippen molar-refractivity contribution in [1.82, 2.24) is 15.4 Å². The summed E-state index contributed by atoms with van der Waals surface area (Å²) in [5.74, 6) is -1.21.